The van der Waals surface area contributed by atoms with Gasteiger partial charge < -0.3 is 35.7 Å². The van der Waals surface area contributed by atoms with Crippen LogP contribution in [0.5, 0.6) is 0 Å². The maximum Gasteiger partial charge on any atom is 0.323 e. The molecule has 1 aromatic carbocycles. The van der Waals surface area contributed by atoms with Crippen LogP contribution in [0.2, 0.25) is 0 Å². The SMILES string of the molecule is CC[C@H](COC(=O)[C@@H](NC)C(C)C)Nc1ncc(C)c(-c2c[nH]c(C(=O)N[C@H](COC(=O)[C@@H](NC)C(C)C)c3cccc(C)c3)c2)n1. The third kappa shape index (κ3) is 10.4. The number of nitrogens with zero attached hydrogens (tertiary/aromatic N) is 2. The van der Waals surface area contributed by atoms with Gasteiger partial charge in [0, 0.05) is 18.0 Å². The molecule has 5 N–H and O–H groups in total. The van der Waals surface area contributed by atoms with Crippen LogP contribution in [0.4, 0.5) is 5.95 Å². The van der Waals surface area contributed by atoms with Crippen LogP contribution in [0.25, 0.3) is 11.3 Å². The van der Waals surface area contributed by atoms with E-state index in [9.17, 15) is 14.4 Å². The Labute approximate surface area is 278 Å². The number of hydrogen-bond acceptors (Lipinski definition) is 10. The van der Waals surface area contributed by atoms with Crippen LogP contribution < -0.4 is 21.3 Å². The highest BCUT2D eigenvalue weighted by Gasteiger charge is 2.26. The summed E-state index contributed by atoms with van der Waals surface area (Å²) in [7, 11) is 3.46. The predicted molar refractivity (Wildman–Crippen MR) is 183 cm³/mol. The van der Waals surface area contributed by atoms with Crippen molar-refractivity contribution in [3.63, 3.8) is 0 Å². The highest BCUT2D eigenvalue weighted by Crippen LogP contribution is 2.24. The van der Waals surface area contributed by atoms with Gasteiger partial charge in [0.15, 0.2) is 0 Å². The molecule has 12 heteroatoms. The van der Waals surface area contributed by atoms with Crippen LogP contribution >= 0.6 is 0 Å². The number of H-pyrrole nitrogens is 1. The summed E-state index contributed by atoms with van der Waals surface area (Å²) in [5, 5.41) is 12.3. The van der Waals surface area contributed by atoms with E-state index >= 15 is 0 Å². The lowest BCUT2D eigenvalue weighted by atomic mass is 10.0. The third-order valence-electron chi connectivity index (χ3n) is 8.03. The number of esters is 2. The number of nitrogens with one attached hydrogen (secondary N) is 5. The topological polar surface area (TPSA) is 159 Å². The molecular formula is C35H51N7O5. The third-order valence-corrected chi connectivity index (χ3v) is 8.03. The van der Waals surface area contributed by atoms with E-state index in [1.165, 1.54) is 0 Å². The van der Waals surface area contributed by atoms with Crippen molar-refractivity contribution in [3.8, 4) is 11.3 Å². The summed E-state index contributed by atoms with van der Waals surface area (Å²) < 4.78 is 11.2. The summed E-state index contributed by atoms with van der Waals surface area (Å²) in [5.74, 6) is -0.495. The second kappa shape index (κ2) is 17.6. The molecule has 2 aromatic heterocycles. The molecule has 256 valence electrons. The Balaban J connectivity index is 1.74. The van der Waals surface area contributed by atoms with Gasteiger partial charge in [0.05, 0.1) is 17.8 Å². The van der Waals surface area contributed by atoms with E-state index in [0.717, 1.165) is 16.7 Å². The summed E-state index contributed by atoms with van der Waals surface area (Å²) in [5.41, 5.74) is 4.36. The molecule has 0 fully saturated rings. The summed E-state index contributed by atoms with van der Waals surface area (Å²) >= 11 is 0. The molecular weight excluding hydrogens is 598 g/mol. The van der Waals surface area contributed by atoms with Gasteiger partial charge in [-0.15, -0.1) is 0 Å². The largest absolute Gasteiger partial charge is 0.462 e. The number of benzene rings is 1. The van der Waals surface area contributed by atoms with Crippen LogP contribution in [0.3, 0.4) is 0 Å². The van der Waals surface area contributed by atoms with Gasteiger partial charge in [-0.1, -0.05) is 64.4 Å². The summed E-state index contributed by atoms with van der Waals surface area (Å²) in [6, 6.07) is 7.87. The Hall–Kier alpha value is -4.29. The van der Waals surface area contributed by atoms with Gasteiger partial charge in [0.25, 0.3) is 5.91 Å². The van der Waals surface area contributed by atoms with Crippen molar-refractivity contribution in [2.24, 2.45) is 11.8 Å². The van der Waals surface area contributed by atoms with Crippen molar-refractivity contribution in [3.05, 3.63) is 65.1 Å². The Morgan fingerprint density at radius 1 is 0.915 bits per heavy atom. The minimum absolute atomic E-state index is 0.0203. The minimum Gasteiger partial charge on any atom is -0.462 e. The number of likely N-dealkylation sites (N-methyl/N-ethyl adjacent to an activating group) is 2. The van der Waals surface area contributed by atoms with E-state index in [1.807, 2.05) is 72.7 Å². The smallest absolute Gasteiger partial charge is 0.323 e. The van der Waals surface area contributed by atoms with Gasteiger partial charge in [-0.05, 0) is 63.4 Å². The molecule has 2 heterocycles. The number of anilines is 1. The lowest BCUT2D eigenvalue weighted by Gasteiger charge is -2.23. The molecule has 3 rings (SSSR count). The zero-order valence-corrected chi connectivity index (χ0v) is 29.1. The normalized spacial score (nSPS) is 13.9. The fraction of sp³-hybridized carbons (Fsp3) is 0.514. The van der Waals surface area contributed by atoms with E-state index < -0.39 is 12.1 Å². The number of carbonyl (C=O) groups excluding carboxylic acids is 3. The average molecular weight is 650 g/mol. The highest BCUT2D eigenvalue weighted by atomic mass is 16.5. The van der Waals surface area contributed by atoms with Gasteiger partial charge in [-0.3, -0.25) is 14.4 Å². The fourth-order valence-corrected chi connectivity index (χ4v) is 5.23. The van der Waals surface area contributed by atoms with Crippen molar-refractivity contribution in [1.82, 2.24) is 30.9 Å². The molecule has 4 atom stereocenters. The molecule has 0 saturated carbocycles. The van der Waals surface area contributed by atoms with E-state index in [-0.39, 0.29) is 55.0 Å². The molecule has 3 aromatic rings. The maximum atomic E-state index is 13.5. The van der Waals surface area contributed by atoms with Gasteiger partial charge >= 0.3 is 11.9 Å². The van der Waals surface area contributed by atoms with E-state index in [0.29, 0.717) is 29.3 Å². The van der Waals surface area contributed by atoms with Crippen LogP contribution in [-0.2, 0) is 19.1 Å². The summed E-state index contributed by atoms with van der Waals surface area (Å²) in [4.78, 5) is 51.0. The standard InChI is InChI=1S/C35H51N7O5/c1-10-26(18-46-33(44)29(36-8)20(2)3)40-35-39-16-23(7)31(42-35)25-15-27(38-17-25)32(43)41-28(24-13-11-12-22(6)14-24)19-47-34(45)30(37-9)21(4)5/h11-17,20-21,26,28-30,36-38H,10,18-19H2,1-9H3,(H,41,43)(H,39,40,42)/t26-,28-,29+,30+/m1/s1. The second-order valence-corrected chi connectivity index (χ2v) is 12.5. The first kappa shape index (κ1) is 37.2. The Kier molecular flexibility index (Phi) is 13.9. The zero-order valence-electron chi connectivity index (χ0n) is 29.1. The number of ether oxygens (including phenoxy) is 2. The number of aryl methyl sites for hydroxylation is 2. The molecule has 12 nitrogen and oxygen atoms in total. The second-order valence-electron chi connectivity index (χ2n) is 12.5. The van der Waals surface area contributed by atoms with Crippen LogP contribution in [0, 0.1) is 25.7 Å². The molecule has 0 spiro atoms. The zero-order chi connectivity index (χ0) is 34.7. The predicted octanol–water partition coefficient (Wildman–Crippen LogP) is 4.32. The van der Waals surface area contributed by atoms with Crippen molar-refractivity contribution in [1.29, 1.82) is 0 Å². The van der Waals surface area contributed by atoms with Crippen molar-refractivity contribution in [2.45, 2.75) is 79.1 Å². The molecule has 0 aliphatic heterocycles. The molecule has 0 bridgehead atoms. The van der Waals surface area contributed by atoms with Gasteiger partial charge in [0.1, 0.15) is 31.0 Å². The average Bonchev–Trinajstić information content (AvgIpc) is 3.52. The van der Waals surface area contributed by atoms with Crippen LogP contribution in [-0.4, -0.2) is 78.2 Å². The Bertz CT molecular complexity index is 1490. The number of amides is 1. The lowest BCUT2D eigenvalue weighted by Crippen LogP contribution is -2.41. The molecule has 0 radical (unpaired) electrons. The molecule has 0 unspecified atom stereocenters. The molecule has 0 saturated heterocycles. The van der Waals surface area contributed by atoms with Crippen LogP contribution in [0.15, 0.2) is 42.7 Å². The first-order chi connectivity index (χ1) is 22.4. The van der Waals surface area contributed by atoms with Gasteiger partial charge in [0.2, 0.25) is 5.95 Å². The Morgan fingerprint density at radius 3 is 2.13 bits per heavy atom. The van der Waals surface area contributed by atoms with E-state index in [1.54, 1.807) is 32.6 Å². The number of carbonyl (C=O) groups is 3. The van der Waals surface area contributed by atoms with Crippen molar-refractivity contribution in [2.75, 3.05) is 32.6 Å². The summed E-state index contributed by atoms with van der Waals surface area (Å²) in [6.07, 6.45) is 4.12. The number of rotatable bonds is 17. The highest BCUT2D eigenvalue weighted by molar-refractivity contribution is 5.94. The monoisotopic (exact) mass is 649 g/mol. The summed E-state index contributed by atoms with van der Waals surface area (Å²) in [6.45, 7) is 13.8. The number of aromatic amines is 1. The quantitative estimate of drug-likeness (QED) is 0.133. The maximum absolute atomic E-state index is 13.5. The fourth-order valence-electron chi connectivity index (χ4n) is 5.23. The lowest BCUT2D eigenvalue weighted by molar-refractivity contribution is -0.148. The van der Waals surface area contributed by atoms with E-state index in [2.05, 4.69) is 31.2 Å². The number of aromatic nitrogens is 3. The Morgan fingerprint density at radius 2 is 1.55 bits per heavy atom. The van der Waals surface area contributed by atoms with Crippen molar-refractivity contribution < 1.29 is 23.9 Å². The first-order valence-electron chi connectivity index (χ1n) is 16.2. The first-order valence-corrected chi connectivity index (χ1v) is 16.2. The van der Waals surface area contributed by atoms with Crippen LogP contribution in [0.1, 0.15) is 74.3 Å². The van der Waals surface area contributed by atoms with Gasteiger partial charge in [-0.2, -0.15) is 0 Å². The van der Waals surface area contributed by atoms with Gasteiger partial charge in [-0.25, -0.2) is 9.97 Å². The molecule has 47 heavy (non-hydrogen) atoms. The minimum atomic E-state index is -0.566. The molecule has 1 amide bonds. The number of hydrogen-bond donors (Lipinski definition) is 5. The molecule has 0 aliphatic carbocycles. The van der Waals surface area contributed by atoms with Crippen molar-refractivity contribution >= 4 is 23.8 Å². The van der Waals surface area contributed by atoms with E-state index in [4.69, 9.17) is 14.5 Å². The molecule has 0 aliphatic rings.